The highest BCUT2D eigenvalue weighted by Gasteiger charge is 2.30. The van der Waals surface area contributed by atoms with E-state index in [1.807, 2.05) is 0 Å². The quantitative estimate of drug-likeness (QED) is 0.609. The van der Waals surface area contributed by atoms with Crippen molar-refractivity contribution in [3.05, 3.63) is 47.3 Å². The zero-order valence-electron chi connectivity index (χ0n) is 16.9. The van der Waals surface area contributed by atoms with E-state index in [1.54, 1.807) is 18.0 Å². The topological polar surface area (TPSA) is 63.5 Å². The van der Waals surface area contributed by atoms with Crippen LogP contribution in [0.2, 0.25) is 0 Å². The van der Waals surface area contributed by atoms with Gasteiger partial charge >= 0.3 is 6.18 Å². The van der Waals surface area contributed by atoms with Gasteiger partial charge in [-0.15, -0.1) is 5.10 Å². The van der Waals surface area contributed by atoms with Crippen LogP contribution in [0.3, 0.4) is 0 Å². The van der Waals surface area contributed by atoms with Crippen LogP contribution in [-0.2, 0) is 17.5 Å². The average molecular weight is 425 g/mol. The van der Waals surface area contributed by atoms with Crippen molar-refractivity contribution in [1.29, 1.82) is 0 Å². The van der Waals surface area contributed by atoms with Gasteiger partial charge < -0.3 is 9.64 Å². The van der Waals surface area contributed by atoms with Crippen LogP contribution in [0.25, 0.3) is 0 Å². The average Bonchev–Trinajstić information content (AvgIpc) is 3.19. The van der Waals surface area contributed by atoms with Crippen molar-refractivity contribution < 1.29 is 22.7 Å². The number of benzene rings is 1. The molecule has 0 saturated carbocycles. The van der Waals surface area contributed by atoms with E-state index < -0.39 is 11.7 Å². The van der Waals surface area contributed by atoms with Crippen molar-refractivity contribution in [1.82, 2.24) is 24.8 Å². The zero-order valence-corrected chi connectivity index (χ0v) is 16.9. The Morgan fingerprint density at radius 3 is 2.73 bits per heavy atom. The largest absolute Gasteiger partial charge is 0.416 e. The van der Waals surface area contributed by atoms with Gasteiger partial charge in [0.05, 0.1) is 31.5 Å². The normalized spacial score (nSPS) is 15.3. The third-order valence-electron chi connectivity index (χ3n) is 5.02. The van der Waals surface area contributed by atoms with Crippen molar-refractivity contribution in [3.8, 4) is 0 Å². The Hall–Kier alpha value is -2.46. The molecule has 3 rings (SSSR count). The number of ether oxygens (including phenoxy) is 1. The number of nitrogens with zero attached hydrogens (tertiary/aromatic N) is 5. The van der Waals surface area contributed by atoms with E-state index in [-0.39, 0.29) is 18.1 Å². The van der Waals surface area contributed by atoms with Crippen molar-refractivity contribution >= 4 is 5.91 Å². The zero-order chi connectivity index (χ0) is 21.6. The lowest BCUT2D eigenvalue weighted by Gasteiger charge is -2.26. The van der Waals surface area contributed by atoms with Gasteiger partial charge in [0.15, 0.2) is 5.69 Å². The number of hydrogen-bond acceptors (Lipinski definition) is 5. The summed E-state index contributed by atoms with van der Waals surface area (Å²) in [7, 11) is 1.71. The summed E-state index contributed by atoms with van der Waals surface area (Å²) in [6.45, 7) is 5.13. The number of amides is 1. The fraction of sp³-hybridized carbons (Fsp3) is 0.550. The molecule has 7 nitrogen and oxygen atoms in total. The molecule has 1 aromatic carbocycles. The maximum atomic E-state index is 12.8. The van der Waals surface area contributed by atoms with E-state index in [9.17, 15) is 18.0 Å². The Balaban J connectivity index is 1.48. The summed E-state index contributed by atoms with van der Waals surface area (Å²) in [5.74, 6) is -0.253. The molecule has 1 fully saturated rings. The molecule has 164 valence electrons. The lowest BCUT2D eigenvalue weighted by molar-refractivity contribution is -0.137. The lowest BCUT2D eigenvalue weighted by Crippen LogP contribution is -2.37. The summed E-state index contributed by atoms with van der Waals surface area (Å²) < 4.78 is 45.2. The molecule has 0 bridgehead atoms. The SMILES string of the molecule is CN(CCCCN1CCOCC1)C(=O)c1cn(Cc2cccc(C(F)(F)F)c2)nn1. The van der Waals surface area contributed by atoms with Gasteiger partial charge in [-0.1, -0.05) is 17.3 Å². The number of unbranched alkanes of at least 4 members (excludes halogenated alkanes) is 1. The number of carbonyl (C=O) groups excluding carboxylic acids is 1. The molecule has 1 aromatic heterocycles. The minimum absolute atomic E-state index is 0.105. The molecule has 1 aliphatic heterocycles. The molecule has 1 aliphatic rings. The monoisotopic (exact) mass is 425 g/mol. The summed E-state index contributed by atoms with van der Waals surface area (Å²) in [5, 5.41) is 7.77. The first-order chi connectivity index (χ1) is 14.3. The number of hydrogen-bond donors (Lipinski definition) is 0. The van der Waals surface area contributed by atoms with Crippen LogP contribution in [0.4, 0.5) is 13.2 Å². The molecule has 0 unspecified atom stereocenters. The van der Waals surface area contributed by atoms with Crippen LogP contribution in [0.1, 0.15) is 34.5 Å². The Labute approximate surface area is 173 Å². The second kappa shape index (κ2) is 10.0. The van der Waals surface area contributed by atoms with Crippen molar-refractivity contribution in [3.63, 3.8) is 0 Å². The van der Waals surface area contributed by atoms with Gasteiger partial charge in [-0.25, -0.2) is 4.68 Å². The van der Waals surface area contributed by atoms with Gasteiger partial charge in [0.1, 0.15) is 0 Å². The molecule has 0 N–H and O–H groups in total. The molecular weight excluding hydrogens is 399 g/mol. The molecule has 0 aliphatic carbocycles. The second-order valence-electron chi connectivity index (χ2n) is 7.39. The minimum atomic E-state index is -4.40. The van der Waals surface area contributed by atoms with Crippen LogP contribution < -0.4 is 0 Å². The Bertz CT molecular complexity index is 834. The number of rotatable bonds is 8. The van der Waals surface area contributed by atoms with Crippen molar-refractivity contribution in [2.45, 2.75) is 25.6 Å². The summed E-state index contributed by atoms with van der Waals surface area (Å²) in [4.78, 5) is 16.5. The molecule has 1 amide bonds. The van der Waals surface area contributed by atoms with Gasteiger partial charge in [-0.3, -0.25) is 9.69 Å². The van der Waals surface area contributed by atoms with E-state index in [0.29, 0.717) is 12.1 Å². The van der Waals surface area contributed by atoms with E-state index >= 15 is 0 Å². The Morgan fingerprint density at radius 1 is 1.23 bits per heavy atom. The molecule has 1 saturated heterocycles. The number of halogens is 3. The molecule has 0 atom stereocenters. The fourth-order valence-corrected chi connectivity index (χ4v) is 3.31. The maximum absolute atomic E-state index is 12.8. The first kappa shape index (κ1) is 22.2. The van der Waals surface area contributed by atoms with Gasteiger partial charge in [0.25, 0.3) is 5.91 Å². The number of aromatic nitrogens is 3. The fourth-order valence-electron chi connectivity index (χ4n) is 3.31. The number of carbonyl (C=O) groups is 1. The van der Waals surface area contributed by atoms with Gasteiger partial charge in [0.2, 0.25) is 0 Å². The molecule has 0 spiro atoms. The predicted octanol–water partition coefficient (Wildman–Crippen LogP) is 2.53. The number of morpholine rings is 1. The Kier molecular flexibility index (Phi) is 7.43. The van der Waals surface area contributed by atoms with E-state index in [0.717, 1.165) is 57.8 Å². The predicted molar refractivity (Wildman–Crippen MR) is 104 cm³/mol. The van der Waals surface area contributed by atoms with Crippen molar-refractivity contribution in [2.75, 3.05) is 46.4 Å². The third kappa shape index (κ3) is 6.27. The minimum Gasteiger partial charge on any atom is -0.379 e. The summed E-state index contributed by atoms with van der Waals surface area (Å²) >= 11 is 0. The summed E-state index contributed by atoms with van der Waals surface area (Å²) in [6.07, 6.45) is -1.07. The van der Waals surface area contributed by atoms with Crippen molar-refractivity contribution in [2.24, 2.45) is 0 Å². The van der Waals surface area contributed by atoms with E-state index in [4.69, 9.17) is 4.74 Å². The highest BCUT2D eigenvalue weighted by Crippen LogP contribution is 2.29. The maximum Gasteiger partial charge on any atom is 0.416 e. The second-order valence-corrected chi connectivity index (χ2v) is 7.39. The van der Waals surface area contributed by atoms with Crippen LogP contribution in [0.5, 0.6) is 0 Å². The van der Waals surface area contributed by atoms with Gasteiger partial charge in [-0.2, -0.15) is 13.2 Å². The lowest BCUT2D eigenvalue weighted by atomic mass is 10.1. The summed E-state index contributed by atoms with van der Waals surface area (Å²) in [6, 6.07) is 5.03. The number of alkyl halides is 3. The summed E-state index contributed by atoms with van der Waals surface area (Å²) in [5.41, 5.74) is -0.101. The standard InChI is InChI=1S/C20H26F3N5O2/c1-26(7-2-3-8-27-9-11-30-12-10-27)19(29)18-15-28(25-24-18)14-16-5-4-6-17(13-16)20(21,22)23/h4-6,13,15H,2-3,7-12,14H2,1H3. The first-order valence-electron chi connectivity index (χ1n) is 9.95. The van der Waals surface area contributed by atoms with Gasteiger partial charge in [0, 0.05) is 26.7 Å². The van der Waals surface area contributed by atoms with Crippen LogP contribution in [0.15, 0.2) is 30.5 Å². The molecular formula is C20H26F3N5O2. The van der Waals surface area contributed by atoms with E-state index in [2.05, 4.69) is 15.2 Å². The van der Waals surface area contributed by atoms with Crippen LogP contribution in [-0.4, -0.2) is 77.1 Å². The Morgan fingerprint density at radius 2 is 2.00 bits per heavy atom. The third-order valence-corrected chi connectivity index (χ3v) is 5.02. The van der Waals surface area contributed by atoms with Crippen LogP contribution in [0, 0.1) is 0 Å². The molecule has 10 heteroatoms. The molecule has 2 heterocycles. The molecule has 0 radical (unpaired) electrons. The van der Waals surface area contributed by atoms with Crippen LogP contribution >= 0.6 is 0 Å². The first-order valence-corrected chi connectivity index (χ1v) is 9.95. The highest BCUT2D eigenvalue weighted by molar-refractivity contribution is 5.91. The molecule has 2 aromatic rings. The smallest absolute Gasteiger partial charge is 0.379 e. The van der Waals surface area contributed by atoms with E-state index in [1.165, 1.54) is 16.9 Å². The van der Waals surface area contributed by atoms with Gasteiger partial charge in [-0.05, 0) is 37.1 Å². The molecule has 30 heavy (non-hydrogen) atoms. The highest BCUT2D eigenvalue weighted by atomic mass is 19.4.